The van der Waals surface area contributed by atoms with Crippen molar-refractivity contribution in [1.82, 2.24) is 4.90 Å². The normalized spacial score (nSPS) is 20.4. The molecule has 0 aromatic carbocycles. The molecule has 0 amide bonds. The average molecular weight is 184 g/mol. The molecular formula is C9H16N2S. The number of piperidine rings is 1. The zero-order valence-corrected chi connectivity index (χ0v) is 8.44. The minimum atomic E-state index is 0.869. The number of rotatable bonds is 3. The molecule has 2 nitrogen and oxygen atoms in total. The largest absolute Gasteiger partial charge is 0.306 e. The summed E-state index contributed by atoms with van der Waals surface area (Å²) in [5.41, 5.74) is 0. The minimum Gasteiger partial charge on any atom is -0.306 e. The predicted octanol–water partition coefficient (Wildman–Crippen LogP) is 1.82. The molecule has 1 aliphatic rings. The second-order valence-electron chi connectivity index (χ2n) is 3.51. The van der Waals surface area contributed by atoms with Crippen LogP contribution in [0.3, 0.4) is 0 Å². The Kier molecular flexibility index (Phi) is 4.44. The summed E-state index contributed by atoms with van der Waals surface area (Å²) in [7, 11) is 2.19. The van der Waals surface area contributed by atoms with Gasteiger partial charge in [0.1, 0.15) is 0 Å². The molecule has 0 N–H and O–H groups in total. The Labute approximate surface area is 79.7 Å². The highest BCUT2D eigenvalue weighted by molar-refractivity contribution is 7.78. The van der Waals surface area contributed by atoms with Crippen LogP contribution < -0.4 is 0 Å². The van der Waals surface area contributed by atoms with Gasteiger partial charge in [0, 0.05) is 6.54 Å². The monoisotopic (exact) mass is 184 g/mol. The van der Waals surface area contributed by atoms with E-state index in [1.807, 2.05) is 0 Å². The molecule has 1 aliphatic heterocycles. The van der Waals surface area contributed by atoms with Gasteiger partial charge in [-0.15, -0.1) is 0 Å². The molecule has 0 aromatic heterocycles. The molecule has 0 unspecified atom stereocenters. The van der Waals surface area contributed by atoms with E-state index in [4.69, 9.17) is 0 Å². The molecule has 0 spiro atoms. The standard InChI is InChI=1S/C9H16N2S/c1-11-6-3-9(4-7-11)2-5-10-8-12/h9H,2-7H2,1H3. The molecule has 1 saturated heterocycles. The highest BCUT2D eigenvalue weighted by Gasteiger charge is 2.15. The molecule has 0 radical (unpaired) electrons. The van der Waals surface area contributed by atoms with Crippen molar-refractivity contribution in [3.05, 3.63) is 0 Å². The van der Waals surface area contributed by atoms with E-state index in [9.17, 15) is 0 Å². The predicted molar refractivity (Wildman–Crippen MR) is 54.7 cm³/mol. The Bertz CT molecular complexity index is 167. The molecular weight excluding hydrogens is 168 g/mol. The van der Waals surface area contributed by atoms with Crippen molar-refractivity contribution < 1.29 is 0 Å². The maximum Gasteiger partial charge on any atom is 0.0584 e. The van der Waals surface area contributed by atoms with E-state index >= 15 is 0 Å². The van der Waals surface area contributed by atoms with Crippen LogP contribution in [0.15, 0.2) is 4.99 Å². The number of likely N-dealkylation sites (tertiary alicyclic amines) is 1. The van der Waals surface area contributed by atoms with Crippen molar-refractivity contribution in [3.8, 4) is 0 Å². The first-order valence-corrected chi connectivity index (χ1v) is 4.96. The number of hydrogen-bond acceptors (Lipinski definition) is 3. The van der Waals surface area contributed by atoms with Gasteiger partial charge in [-0.3, -0.25) is 0 Å². The zero-order chi connectivity index (χ0) is 8.81. The lowest BCUT2D eigenvalue weighted by molar-refractivity contribution is 0.214. The Balaban J connectivity index is 2.13. The topological polar surface area (TPSA) is 15.6 Å². The van der Waals surface area contributed by atoms with Crippen LogP contribution in [0.25, 0.3) is 0 Å². The van der Waals surface area contributed by atoms with Crippen molar-refractivity contribution in [2.45, 2.75) is 19.3 Å². The summed E-state index contributed by atoms with van der Waals surface area (Å²) in [6.07, 6.45) is 3.84. The molecule has 0 atom stereocenters. The fourth-order valence-electron chi connectivity index (χ4n) is 1.64. The summed E-state index contributed by atoms with van der Waals surface area (Å²) in [6.45, 7) is 3.36. The van der Waals surface area contributed by atoms with Gasteiger partial charge in [0.05, 0.1) is 5.16 Å². The molecule has 1 rings (SSSR count). The molecule has 0 saturated carbocycles. The Morgan fingerprint density at radius 2 is 2.17 bits per heavy atom. The van der Waals surface area contributed by atoms with Crippen LogP contribution in [0.2, 0.25) is 0 Å². The lowest BCUT2D eigenvalue weighted by atomic mass is 9.94. The van der Waals surface area contributed by atoms with E-state index in [0.29, 0.717) is 0 Å². The minimum absolute atomic E-state index is 0.869. The highest BCUT2D eigenvalue weighted by Crippen LogP contribution is 2.18. The number of nitrogens with zero attached hydrogens (tertiary/aromatic N) is 2. The Morgan fingerprint density at radius 3 is 2.75 bits per heavy atom. The Hall–Kier alpha value is -0.240. The first kappa shape index (κ1) is 9.85. The van der Waals surface area contributed by atoms with Gasteiger partial charge in [0.2, 0.25) is 0 Å². The number of isothiocyanates is 1. The van der Waals surface area contributed by atoms with E-state index in [-0.39, 0.29) is 0 Å². The molecule has 0 aliphatic carbocycles. The van der Waals surface area contributed by atoms with Crippen LogP contribution in [-0.2, 0) is 0 Å². The molecule has 1 heterocycles. The summed E-state index contributed by atoms with van der Waals surface area (Å²) in [5, 5.41) is 2.41. The van der Waals surface area contributed by atoms with Crippen LogP contribution in [0, 0.1) is 5.92 Å². The summed E-state index contributed by atoms with van der Waals surface area (Å²) in [4.78, 5) is 6.32. The number of hydrogen-bond donors (Lipinski definition) is 0. The van der Waals surface area contributed by atoms with E-state index in [1.165, 1.54) is 32.4 Å². The molecule has 0 bridgehead atoms. The lowest BCUT2D eigenvalue weighted by Crippen LogP contribution is -2.30. The third-order valence-electron chi connectivity index (χ3n) is 2.55. The van der Waals surface area contributed by atoms with Crippen molar-refractivity contribution in [2.75, 3.05) is 26.7 Å². The van der Waals surface area contributed by atoms with Gasteiger partial charge < -0.3 is 4.90 Å². The van der Waals surface area contributed by atoms with Gasteiger partial charge in [0.25, 0.3) is 0 Å². The molecule has 12 heavy (non-hydrogen) atoms. The van der Waals surface area contributed by atoms with E-state index < -0.39 is 0 Å². The second-order valence-corrected chi connectivity index (χ2v) is 3.69. The summed E-state index contributed by atoms with van der Waals surface area (Å²) in [6, 6.07) is 0. The van der Waals surface area contributed by atoms with E-state index in [2.05, 4.69) is 34.3 Å². The molecule has 1 fully saturated rings. The van der Waals surface area contributed by atoms with Crippen LogP contribution >= 0.6 is 12.2 Å². The summed E-state index contributed by atoms with van der Waals surface area (Å²) < 4.78 is 0. The van der Waals surface area contributed by atoms with Gasteiger partial charge in [-0.2, -0.15) is 0 Å². The van der Waals surface area contributed by atoms with Gasteiger partial charge in [-0.25, -0.2) is 4.99 Å². The van der Waals surface area contributed by atoms with Crippen LogP contribution in [0.1, 0.15) is 19.3 Å². The second kappa shape index (κ2) is 5.41. The average Bonchev–Trinajstić information content (AvgIpc) is 2.09. The van der Waals surface area contributed by atoms with Gasteiger partial charge in [-0.1, -0.05) is 0 Å². The van der Waals surface area contributed by atoms with Gasteiger partial charge in [-0.05, 0) is 57.5 Å². The summed E-state index contributed by atoms with van der Waals surface area (Å²) >= 11 is 4.51. The maximum atomic E-state index is 4.51. The van der Waals surface area contributed by atoms with Crippen molar-refractivity contribution in [2.24, 2.45) is 10.9 Å². The van der Waals surface area contributed by atoms with Crippen molar-refractivity contribution in [3.63, 3.8) is 0 Å². The van der Waals surface area contributed by atoms with Crippen LogP contribution in [0.4, 0.5) is 0 Å². The number of thiocarbonyl (C=S) groups is 1. The van der Waals surface area contributed by atoms with E-state index in [0.717, 1.165) is 12.5 Å². The van der Waals surface area contributed by atoms with Crippen molar-refractivity contribution >= 4 is 17.4 Å². The summed E-state index contributed by atoms with van der Waals surface area (Å²) in [5.74, 6) is 0.869. The quantitative estimate of drug-likeness (QED) is 0.491. The smallest absolute Gasteiger partial charge is 0.0584 e. The fourth-order valence-corrected chi connectivity index (χ4v) is 1.73. The third-order valence-corrected chi connectivity index (χ3v) is 2.68. The SMILES string of the molecule is CN1CCC(CCN=C=S)CC1. The maximum absolute atomic E-state index is 4.51. The van der Waals surface area contributed by atoms with Gasteiger partial charge in [0.15, 0.2) is 0 Å². The van der Waals surface area contributed by atoms with Gasteiger partial charge >= 0.3 is 0 Å². The van der Waals surface area contributed by atoms with Crippen LogP contribution in [-0.4, -0.2) is 36.7 Å². The van der Waals surface area contributed by atoms with E-state index in [1.54, 1.807) is 0 Å². The third kappa shape index (κ3) is 3.44. The molecule has 68 valence electrons. The first-order valence-electron chi connectivity index (χ1n) is 4.55. The van der Waals surface area contributed by atoms with Crippen LogP contribution in [0.5, 0.6) is 0 Å². The van der Waals surface area contributed by atoms with Crippen molar-refractivity contribution in [1.29, 1.82) is 0 Å². The fraction of sp³-hybridized carbons (Fsp3) is 0.889. The molecule has 0 aromatic rings. The highest BCUT2D eigenvalue weighted by atomic mass is 32.1. The number of aliphatic imine (C=N–C) groups is 1. The Morgan fingerprint density at radius 1 is 1.50 bits per heavy atom. The first-order chi connectivity index (χ1) is 5.83. The lowest BCUT2D eigenvalue weighted by Gasteiger charge is -2.28. The molecule has 3 heteroatoms. The zero-order valence-electron chi connectivity index (χ0n) is 7.62.